The first-order valence-electron chi connectivity index (χ1n) is 12.4. The minimum absolute atomic E-state index is 0.0294. The summed E-state index contributed by atoms with van der Waals surface area (Å²) in [6.07, 6.45) is 0.650. The molecule has 2 aromatic rings. The van der Waals surface area contributed by atoms with Crippen molar-refractivity contribution < 1.29 is 54.1 Å². The standard InChI is InChI=1S/C13H20O6S.C13H18O6S/c2*1-12-2-4-13(5-3-12)20(15,16)19-11-10-18-9-8-17-7-6-14/h2-5,14H,6-11H2,1H3;2-6H,7-11H2,1H3. The minimum atomic E-state index is -3.74. The average Bonchev–Trinajstić information content (AvgIpc) is 2.92. The Bertz CT molecular complexity index is 1150. The second kappa shape index (κ2) is 20.6. The van der Waals surface area contributed by atoms with Crippen LogP contribution < -0.4 is 0 Å². The number of aliphatic hydroxyl groups excluding tert-OH is 1. The highest BCUT2D eigenvalue weighted by atomic mass is 32.2. The Balaban J connectivity index is 0.000000400. The molecule has 14 heteroatoms. The number of aliphatic hydroxyl groups is 1. The molecule has 0 atom stereocenters. The van der Waals surface area contributed by atoms with Crippen LogP contribution in [-0.4, -0.2) is 101 Å². The van der Waals surface area contributed by atoms with Gasteiger partial charge in [0, 0.05) is 0 Å². The third-order valence-corrected chi connectivity index (χ3v) is 7.37. The highest BCUT2D eigenvalue weighted by Gasteiger charge is 2.15. The third-order valence-electron chi connectivity index (χ3n) is 4.72. The molecule has 0 saturated heterocycles. The van der Waals surface area contributed by atoms with Gasteiger partial charge >= 0.3 is 0 Å². The maximum Gasteiger partial charge on any atom is 0.297 e. The van der Waals surface area contributed by atoms with E-state index in [4.69, 9.17) is 32.4 Å². The van der Waals surface area contributed by atoms with Crippen molar-refractivity contribution in [3.05, 3.63) is 59.7 Å². The van der Waals surface area contributed by atoms with Crippen LogP contribution in [0.4, 0.5) is 0 Å². The maximum atomic E-state index is 11.8. The normalized spacial score (nSPS) is 11.6. The monoisotopic (exact) mass is 606 g/mol. The van der Waals surface area contributed by atoms with Gasteiger partial charge in [-0.1, -0.05) is 35.4 Å². The molecular formula is C26H38O12S2. The van der Waals surface area contributed by atoms with E-state index in [0.29, 0.717) is 19.5 Å². The van der Waals surface area contributed by atoms with Crippen LogP contribution in [0.15, 0.2) is 58.3 Å². The lowest BCUT2D eigenvalue weighted by molar-refractivity contribution is -0.112. The van der Waals surface area contributed by atoms with Gasteiger partial charge in [0.1, 0.15) is 12.9 Å². The molecule has 40 heavy (non-hydrogen) atoms. The molecule has 2 rings (SSSR count). The SMILES string of the molecule is Cc1ccc(S(=O)(=O)OCCOCCOCC=O)cc1.Cc1ccc(S(=O)(=O)OCCOCCOCCO)cc1. The lowest BCUT2D eigenvalue weighted by atomic mass is 10.2. The quantitative estimate of drug-likeness (QED) is 0.132. The second-order valence-corrected chi connectivity index (χ2v) is 11.2. The molecule has 0 radical (unpaired) electrons. The molecule has 226 valence electrons. The van der Waals surface area contributed by atoms with Crippen molar-refractivity contribution in [3.8, 4) is 0 Å². The van der Waals surface area contributed by atoms with Crippen LogP contribution in [0.1, 0.15) is 11.1 Å². The lowest BCUT2D eigenvalue weighted by Crippen LogP contribution is -2.14. The number of hydrogen-bond acceptors (Lipinski definition) is 12. The van der Waals surface area contributed by atoms with Crippen molar-refractivity contribution >= 4 is 26.5 Å². The molecule has 2 aromatic carbocycles. The van der Waals surface area contributed by atoms with Crippen LogP contribution >= 0.6 is 0 Å². The fourth-order valence-corrected chi connectivity index (χ4v) is 4.48. The van der Waals surface area contributed by atoms with Gasteiger partial charge in [-0.05, 0) is 38.1 Å². The molecule has 0 bridgehead atoms. The van der Waals surface area contributed by atoms with E-state index in [2.05, 4.69) is 0 Å². The average molecular weight is 607 g/mol. The Morgan fingerprint density at radius 2 is 0.925 bits per heavy atom. The predicted octanol–water partition coefficient (Wildman–Crippen LogP) is 1.66. The molecule has 0 aliphatic carbocycles. The zero-order valence-electron chi connectivity index (χ0n) is 22.7. The number of hydrogen-bond donors (Lipinski definition) is 1. The summed E-state index contributed by atoms with van der Waals surface area (Å²) in [5.74, 6) is 0. The van der Waals surface area contributed by atoms with E-state index in [1.807, 2.05) is 13.8 Å². The summed E-state index contributed by atoms with van der Waals surface area (Å²) >= 11 is 0. The Labute approximate surface area is 236 Å². The Morgan fingerprint density at radius 3 is 1.30 bits per heavy atom. The molecule has 0 saturated carbocycles. The van der Waals surface area contributed by atoms with Crippen molar-refractivity contribution in [1.29, 1.82) is 0 Å². The Morgan fingerprint density at radius 1 is 0.575 bits per heavy atom. The second-order valence-electron chi connectivity index (χ2n) is 7.98. The first-order valence-corrected chi connectivity index (χ1v) is 15.2. The number of benzene rings is 2. The highest BCUT2D eigenvalue weighted by molar-refractivity contribution is 7.87. The molecule has 0 aliphatic heterocycles. The fraction of sp³-hybridized carbons (Fsp3) is 0.500. The van der Waals surface area contributed by atoms with Gasteiger partial charge in [-0.15, -0.1) is 0 Å². The summed E-state index contributed by atoms with van der Waals surface area (Å²) in [6, 6.07) is 12.9. The molecule has 0 heterocycles. The van der Waals surface area contributed by atoms with Gasteiger partial charge in [0.15, 0.2) is 0 Å². The van der Waals surface area contributed by atoms with E-state index < -0.39 is 20.2 Å². The first kappa shape index (κ1) is 35.8. The van der Waals surface area contributed by atoms with Crippen LogP contribution in [0.25, 0.3) is 0 Å². The van der Waals surface area contributed by atoms with Gasteiger partial charge in [0.25, 0.3) is 20.2 Å². The fourth-order valence-electron chi connectivity index (χ4n) is 2.69. The van der Waals surface area contributed by atoms with Crippen molar-refractivity contribution in [2.45, 2.75) is 23.6 Å². The zero-order chi connectivity index (χ0) is 29.7. The van der Waals surface area contributed by atoms with Gasteiger partial charge in [0.2, 0.25) is 0 Å². The third kappa shape index (κ3) is 16.1. The van der Waals surface area contributed by atoms with E-state index in [-0.39, 0.29) is 69.3 Å². The Hall–Kier alpha value is -2.27. The molecule has 1 N–H and O–H groups in total. The van der Waals surface area contributed by atoms with E-state index in [0.717, 1.165) is 11.1 Å². The summed E-state index contributed by atoms with van der Waals surface area (Å²) in [6.45, 7) is 5.44. The number of ether oxygens (including phenoxy) is 4. The van der Waals surface area contributed by atoms with Gasteiger partial charge < -0.3 is 28.8 Å². The molecule has 0 aromatic heterocycles. The first-order chi connectivity index (χ1) is 19.1. The zero-order valence-corrected chi connectivity index (χ0v) is 24.4. The van der Waals surface area contributed by atoms with Crippen molar-refractivity contribution in [1.82, 2.24) is 0 Å². The molecule has 0 unspecified atom stereocenters. The smallest absolute Gasteiger partial charge is 0.297 e. The van der Waals surface area contributed by atoms with Gasteiger partial charge in [-0.3, -0.25) is 8.37 Å². The van der Waals surface area contributed by atoms with Gasteiger partial charge in [-0.2, -0.15) is 16.8 Å². The molecule has 12 nitrogen and oxygen atoms in total. The number of aldehydes is 1. The van der Waals surface area contributed by atoms with Crippen LogP contribution in [0, 0.1) is 13.8 Å². The van der Waals surface area contributed by atoms with Crippen molar-refractivity contribution in [2.75, 3.05) is 72.7 Å². The summed E-state index contributed by atoms with van der Waals surface area (Å²) in [5.41, 5.74) is 1.96. The van der Waals surface area contributed by atoms with Crippen LogP contribution in [0.5, 0.6) is 0 Å². The number of aryl methyl sites for hydroxylation is 2. The van der Waals surface area contributed by atoms with Crippen LogP contribution in [0.3, 0.4) is 0 Å². The Kier molecular flexibility index (Phi) is 18.4. The van der Waals surface area contributed by atoms with Gasteiger partial charge in [0.05, 0.1) is 75.9 Å². The lowest BCUT2D eigenvalue weighted by Gasteiger charge is -2.07. The van der Waals surface area contributed by atoms with Crippen LogP contribution in [0.2, 0.25) is 0 Å². The summed E-state index contributed by atoms with van der Waals surface area (Å²) in [4.78, 5) is 10.2. The number of carbonyl (C=O) groups is 1. The minimum Gasteiger partial charge on any atom is -0.394 e. The predicted molar refractivity (Wildman–Crippen MR) is 145 cm³/mol. The van der Waals surface area contributed by atoms with E-state index in [1.165, 1.54) is 24.3 Å². The van der Waals surface area contributed by atoms with Crippen molar-refractivity contribution in [3.63, 3.8) is 0 Å². The molecule has 0 amide bonds. The van der Waals surface area contributed by atoms with E-state index in [1.54, 1.807) is 24.3 Å². The topological polar surface area (TPSA) is 161 Å². The summed E-state index contributed by atoms with van der Waals surface area (Å²) < 4.78 is 76.9. The summed E-state index contributed by atoms with van der Waals surface area (Å²) in [5, 5.41) is 8.47. The van der Waals surface area contributed by atoms with Crippen molar-refractivity contribution in [2.24, 2.45) is 0 Å². The highest BCUT2D eigenvalue weighted by Crippen LogP contribution is 2.14. The molecule has 0 spiro atoms. The maximum absolute atomic E-state index is 11.8. The van der Waals surface area contributed by atoms with Gasteiger partial charge in [-0.25, -0.2) is 0 Å². The summed E-state index contributed by atoms with van der Waals surface area (Å²) in [7, 11) is -7.46. The molecular weight excluding hydrogens is 568 g/mol. The molecule has 0 fully saturated rings. The van der Waals surface area contributed by atoms with Crippen LogP contribution in [-0.2, 0) is 52.3 Å². The molecule has 0 aliphatic rings. The van der Waals surface area contributed by atoms with E-state index >= 15 is 0 Å². The largest absolute Gasteiger partial charge is 0.394 e. The number of carbonyl (C=O) groups excluding carboxylic acids is 1. The van der Waals surface area contributed by atoms with E-state index in [9.17, 15) is 21.6 Å². The number of rotatable bonds is 20.